The number of halogens is 1. The average Bonchev–Trinajstić information content (AvgIpc) is 3.12. The number of piperazine rings is 1. The maximum absolute atomic E-state index is 13.9. The lowest BCUT2D eigenvalue weighted by Gasteiger charge is -2.33. The van der Waals surface area contributed by atoms with Crippen molar-refractivity contribution in [2.45, 2.75) is 4.90 Å². The topological polar surface area (TPSA) is 86.4 Å². The van der Waals surface area contributed by atoms with Gasteiger partial charge in [0, 0.05) is 31.6 Å². The number of fused-ring (bicyclic) bond motifs is 1. The van der Waals surface area contributed by atoms with Crippen LogP contribution in [0.15, 0.2) is 53.4 Å². The number of hydrogen-bond donors (Lipinski definition) is 1. The monoisotopic (exact) mass is 388 g/mol. The van der Waals surface area contributed by atoms with Gasteiger partial charge in [0.25, 0.3) is 5.91 Å². The Bertz CT molecular complexity index is 1100. The van der Waals surface area contributed by atoms with E-state index in [0.717, 1.165) is 17.0 Å². The van der Waals surface area contributed by atoms with Crippen LogP contribution in [0.4, 0.5) is 4.39 Å². The van der Waals surface area contributed by atoms with Crippen molar-refractivity contribution in [3.8, 4) is 0 Å². The Labute approximate surface area is 155 Å². The molecule has 1 aliphatic rings. The van der Waals surface area contributed by atoms with Crippen molar-refractivity contribution in [2.24, 2.45) is 0 Å². The molecular weight excluding hydrogens is 371 g/mol. The van der Waals surface area contributed by atoms with Crippen LogP contribution in [-0.4, -0.2) is 59.9 Å². The highest BCUT2D eigenvalue weighted by atomic mass is 32.2. The molecule has 1 fully saturated rings. The quantitative estimate of drug-likeness (QED) is 0.742. The third-order valence-corrected chi connectivity index (χ3v) is 6.59. The summed E-state index contributed by atoms with van der Waals surface area (Å²) in [7, 11) is -3.93. The summed E-state index contributed by atoms with van der Waals surface area (Å²) in [5, 5.41) is 7.65. The second-order valence-corrected chi connectivity index (χ2v) is 8.15. The summed E-state index contributed by atoms with van der Waals surface area (Å²) < 4.78 is 40.4. The molecule has 27 heavy (non-hydrogen) atoms. The van der Waals surface area contributed by atoms with Crippen molar-refractivity contribution in [1.29, 1.82) is 0 Å². The Morgan fingerprint density at radius 3 is 2.41 bits per heavy atom. The summed E-state index contributed by atoms with van der Waals surface area (Å²) in [4.78, 5) is 14.0. The van der Waals surface area contributed by atoms with Crippen LogP contribution in [0.25, 0.3) is 10.9 Å². The van der Waals surface area contributed by atoms with E-state index in [1.165, 1.54) is 22.5 Å². The van der Waals surface area contributed by atoms with E-state index in [4.69, 9.17) is 0 Å². The predicted molar refractivity (Wildman–Crippen MR) is 97.2 cm³/mol. The van der Waals surface area contributed by atoms with E-state index in [1.54, 1.807) is 4.90 Å². The number of hydrogen-bond acceptors (Lipinski definition) is 4. The molecular formula is C18H17FN4O3S. The summed E-state index contributed by atoms with van der Waals surface area (Å²) >= 11 is 0. The van der Waals surface area contributed by atoms with Gasteiger partial charge >= 0.3 is 0 Å². The first-order chi connectivity index (χ1) is 13.0. The molecule has 1 amide bonds. The molecule has 0 bridgehead atoms. The number of nitrogens with zero attached hydrogens (tertiary/aromatic N) is 3. The number of rotatable bonds is 3. The van der Waals surface area contributed by atoms with Gasteiger partial charge in [0.15, 0.2) is 5.69 Å². The van der Waals surface area contributed by atoms with Gasteiger partial charge in [-0.05, 0) is 18.2 Å². The number of carbonyl (C=O) groups excluding carboxylic acids is 1. The largest absolute Gasteiger partial charge is 0.335 e. The molecule has 0 spiro atoms. The fourth-order valence-electron chi connectivity index (χ4n) is 3.20. The summed E-state index contributed by atoms with van der Waals surface area (Å²) in [6.07, 6.45) is 0. The summed E-state index contributed by atoms with van der Waals surface area (Å²) in [6, 6.07) is 12.6. The van der Waals surface area contributed by atoms with Crippen LogP contribution in [0.2, 0.25) is 0 Å². The van der Waals surface area contributed by atoms with Crippen molar-refractivity contribution >= 4 is 26.8 Å². The Kier molecular flexibility index (Phi) is 4.40. The first kappa shape index (κ1) is 17.6. The average molecular weight is 388 g/mol. The number of carbonyl (C=O) groups is 1. The van der Waals surface area contributed by atoms with Gasteiger partial charge in [-0.2, -0.15) is 9.40 Å². The van der Waals surface area contributed by atoms with E-state index < -0.39 is 15.8 Å². The van der Waals surface area contributed by atoms with Crippen LogP contribution in [0, 0.1) is 5.82 Å². The molecule has 2 aromatic carbocycles. The SMILES string of the molecule is O=C(c1n[nH]c2ccccc12)N1CCN(S(=O)(=O)c2ccccc2F)CC1. The van der Waals surface area contributed by atoms with Crippen LogP contribution in [0.3, 0.4) is 0 Å². The Balaban J connectivity index is 1.51. The second-order valence-electron chi connectivity index (χ2n) is 6.24. The molecule has 0 radical (unpaired) electrons. The standard InChI is InChI=1S/C18H17FN4O3S/c19-14-6-2-4-8-16(14)27(25,26)23-11-9-22(10-12-23)18(24)17-13-5-1-3-7-15(13)20-21-17/h1-8H,9-12H2,(H,20,21). The molecule has 1 aliphatic heterocycles. The zero-order valence-electron chi connectivity index (χ0n) is 14.3. The molecule has 1 aromatic heterocycles. The number of aromatic amines is 1. The predicted octanol–water partition coefficient (Wildman–Crippen LogP) is 1.85. The van der Waals surface area contributed by atoms with Gasteiger partial charge in [0.05, 0.1) is 5.52 Å². The van der Waals surface area contributed by atoms with Gasteiger partial charge in [0.2, 0.25) is 10.0 Å². The molecule has 3 aromatic rings. The van der Waals surface area contributed by atoms with Crippen LogP contribution in [0.5, 0.6) is 0 Å². The number of benzene rings is 2. The van der Waals surface area contributed by atoms with E-state index in [-0.39, 0.29) is 37.0 Å². The number of nitrogens with one attached hydrogen (secondary N) is 1. The summed E-state index contributed by atoms with van der Waals surface area (Å²) in [5.74, 6) is -1.03. The van der Waals surface area contributed by atoms with Gasteiger partial charge in [0.1, 0.15) is 10.7 Å². The molecule has 2 heterocycles. The highest BCUT2D eigenvalue weighted by Crippen LogP contribution is 2.22. The maximum atomic E-state index is 13.9. The van der Waals surface area contributed by atoms with Crippen molar-refractivity contribution < 1.29 is 17.6 Å². The van der Waals surface area contributed by atoms with Crippen LogP contribution in [0.1, 0.15) is 10.5 Å². The summed E-state index contributed by atoms with van der Waals surface area (Å²) in [6.45, 7) is 0.636. The molecule has 1 N–H and O–H groups in total. The number of H-pyrrole nitrogens is 1. The minimum absolute atomic E-state index is 0.102. The Morgan fingerprint density at radius 1 is 1.00 bits per heavy atom. The first-order valence-electron chi connectivity index (χ1n) is 8.45. The molecule has 9 heteroatoms. The highest BCUT2D eigenvalue weighted by Gasteiger charge is 2.32. The molecule has 1 saturated heterocycles. The smallest absolute Gasteiger partial charge is 0.275 e. The van der Waals surface area contributed by atoms with E-state index in [2.05, 4.69) is 10.2 Å². The molecule has 4 rings (SSSR count). The third kappa shape index (κ3) is 3.08. The van der Waals surface area contributed by atoms with Gasteiger partial charge in [-0.1, -0.05) is 30.3 Å². The van der Waals surface area contributed by atoms with Crippen LogP contribution >= 0.6 is 0 Å². The first-order valence-corrected chi connectivity index (χ1v) is 9.89. The van der Waals surface area contributed by atoms with Gasteiger partial charge in [-0.3, -0.25) is 9.89 Å². The molecule has 0 saturated carbocycles. The normalized spacial score (nSPS) is 16.0. The molecule has 0 atom stereocenters. The lowest BCUT2D eigenvalue weighted by atomic mass is 10.2. The van der Waals surface area contributed by atoms with E-state index in [1.807, 2.05) is 24.3 Å². The molecule has 7 nitrogen and oxygen atoms in total. The van der Waals surface area contributed by atoms with Crippen molar-refractivity contribution in [3.63, 3.8) is 0 Å². The number of sulfonamides is 1. The van der Waals surface area contributed by atoms with Crippen molar-refractivity contribution in [3.05, 3.63) is 60.0 Å². The number of para-hydroxylation sites is 1. The molecule has 0 unspecified atom stereocenters. The van der Waals surface area contributed by atoms with Gasteiger partial charge in [-0.25, -0.2) is 12.8 Å². The lowest BCUT2D eigenvalue weighted by molar-refractivity contribution is 0.0693. The lowest BCUT2D eigenvalue weighted by Crippen LogP contribution is -2.50. The van der Waals surface area contributed by atoms with E-state index >= 15 is 0 Å². The Hall–Kier alpha value is -2.78. The van der Waals surface area contributed by atoms with Gasteiger partial charge < -0.3 is 4.90 Å². The maximum Gasteiger partial charge on any atom is 0.275 e. The number of aromatic nitrogens is 2. The zero-order chi connectivity index (χ0) is 19.0. The van der Waals surface area contributed by atoms with Gasteiger partial charge in [-0.15, -0.1) is 0 Å². The number of amides is 1. The van der Waals surface area contributed by atoms with E-state index in [9.17, 15) is 17.6 Å². The molecule has 140 valence electrons. The minimum Gasteiger partial charge on any atom is -0.335 e. The minimum atomic E-state index is -3.93. The van der Waals surface area contributed by atoms with Crippen LogP contribution in [-0.2, 0) is 10.0 Å². The van der Waals surface area contributed by atoms with E-state index in [0.29, 0.717) is 5.69 Å². The second kappa shape index (κ2) is 6.75. The fourth-order valence-corrected chi connectivity index (χ4v) is 4.69. The Morgan fingerprint density at radius 2 is 1.67 bits per heavy atom. The highest BCUT2D eigenvalue weighted by molar-refractivity contribution is 7.89. The third-order valence-electron chi connectivity index (χ3n) is 4.65. The fraction of sp³-hybridized carbons (Fsp3) is 0.222. The van der Waals surface area contributed by atoms with Crippen molar-refractivity contribution in [1.82, 2.24) is 19.4 Å². The van der Waals surface area contributed by atoms with Crippen molar-refractivity contribution in [2.75, 3.05) is 26.2 Å². The summed E-state index contributed by atoms with van der Waals surface area (Å²) in [5.41, 5.74) is 1.08. The van der Waals surface area contributed by atoms with Crippen LogP contribution < -0.4 is 0 Å². The zero-order valence-corrected chi connectivity index (χ0v) is 15.1. The molecule has 0 aliphatic carbocycles.